The lowest BCUT2D eigenvalue weighted by Gasteiger charge is -2.28. The maximum absolute atomic E-state index is 10.6. The first-order chi connectivity index (χ1) is 8.74. The monoisotopic (exact) mass is 244 g/mol. The number of anilines is 1. The lowest BCUT2D eigenvalue weighted by atomic mass is 10.1. The molecule has 2 aromatic rings. The normalized spacial score (nSPS) is 14.3. The van der Waals surface area contributed by atoms with Gasteiger partial charge in [0.15, 0.2) is 0 Å². The SMILES string of the molecule is O=[N+]([O-])c1ccc(N2CCc3[nH]ncc3C2)cc1. The van der Waals surface area contributed by atoms with Crippen LogP contribution in [-0.2, 0) is 13.0 Å². The van der Waals surface area contributed by atoms with Gasteiger partial charge in [-0.1, -0.05) is 0 Å². The number of hydrogen-bond donors (Lipinski definition) is 1. The highest BCUT2D eigenvalue weighted by Gasteiger charge is 2.18. The minimum atomic E-state index is -0.381. The summed E-state index contributed by atoms with van der Waals surface area (Å²) in [7, 11) is 0. The van der Waals surface area contributed by atoms with Gasteiger partial charge in [0.25, 0.3) is 5.69 Å². The molecular weight excluding hydrogens is 232 g/mol. The van der Waals surface area contributed by atoms with Crippen molar-refractivity contribution in [3.05, 3.63) is 51.8 Å². The number of nitro groups is 1. The van der Waals surface area contributed by atoms with Gasteiger partial charge < -0.3 is 4.90 Å². The van der Waals surface area contributed by atoms with Crippen LogP contribution in [-0.4, -0.2) is 21.7 Å². The number of nitrogens with zero attached hydrogens (tertiary/aromatic N) is 3. The molecule has 1 N–H and O–H groups in total. The Kier molecular flexibility index (Phi) is 2.47. The molecule has 1 aliphatic rings. The zero-order valence-corrected chi connectivity index (χ0v) is 9.67. The average molecular weight is 244 g/mol. The van der Waals surface area contributed by atoms with Gasteiger partial charge in [0.2, 0.25) is 0 Å². The van der Waals surface area contributed by atoms with Crippen molar-refractivity contribution in [3.63, 3.8) is 0 Å². The topological polar surface area (TPSA) is 75.1 Å². The van der Waals surface area contributed by atoms with Crippen molar-refractivity contribution in [1.29, 1.82) is 0 Å². The van der Waals surface area contributed by atoms with Gasteiger partial charge >= 0.3 is 0 Å². The fourth-order valence-corrected chi connectivity index (χ4v) is 2.23. The van der Waals surface area contributed by atoms with Gasteiger partial charge in [-0.15, -0.1) is 0 Å². The van der Waals surface area contributed by atoms with Crippen molar-refractivity contribution in [2.75, 3.05) is 11.4 Å². The molecule has 0 radical (unpaired) electrons. The van der Waals surface area contributed by atoms with Crippen LogP contribution < -0.4 is 4.90 Å². The number of H-pyrrole nitrogens is 1. The first-order valence-corrected chi connectivity index (χ1v) is 5.74. The highest BCUT2D eigenvalue weighted by Crippen LogP contribution is 2.24. The number of benzene rings is 1. The van der Waals surface area contributed by atoms with E-state index in [1.165, 1.54) is 11.3 Å². The molecule has 1 aromatic heterocycles. The Morgan fingerprint density at radius 3 is 2.83 bits per heavy atom. The summed E-state index contributed by atoms with van der Waals surface area (Å²) in [5.74, 6) is 0. The average Bonchev–Trinajstić information content (AvgIpc) is 2.86. The third kappa shape index (κ3) is 1.81. The summed E-state index contributed by atoms with van der Waals surface area (Å²) in [5, 5.41) is 17.6. The Bertz CT molecular complexity index is 576. The van der Waals surface area contributed by atoms with Gasteiger partial charge in [-0.2, -0.15) is 5.10 Å². The molecule has 6 nitrogen and oxygen atoms in total. The third-order valence-electron chi connectivity index (χ3n) is 3.23. The first kappa shape index (κ1) is 10.8. The Hall–Kier alpha value is -2.37. The van der Waals surface area contributed by atoms with Crippen molar-refractivity contribution >= 4 is 11.4 Å². The van der Waals surface area contributed by atoms with Crippen molar-refractivity contribution in [3.8, 4) is 0 Å². The van der Waals surface area contributed by atoms with Gasteiger partial charge in [-0.05, 0) is 12.1 Å². The van der Waals surface area contributed by atoms with Gasteiger partial charge in [0.1, 0.15) is 0 Å². The van der Waals surface area contributed by atoms with Gasteiger partial charge in [-0.3, -0.25) is 15.2 Å². The van der Waals surface area contributed by atoms with E-state index in [1.807, 2.05) is 6.20 Å². The van der Waals surface area contributed by atoms with E-state index in [1.54, 1.807) is 24.3 Å². The molecule has 6 heteroatoms. The molecule has 0 amide bonds. The van der Waals surface area contributed by atoms with E-state index in [4.69, 9.17) is 0 Å². The lowest BCUT2D eigenvalue weighted by Crippen LogP contribution is -2.29. The van der Waals surface area contributed by atoms with Crippen LogP contribution in [0.15, 0.2) is 30.5 Å². The van der Waals surface area contributed by atoms with Crippen molar-refractivity contribution in [1.82, 2.24) is 10.2 Å². The number of aromatic nitrogens is 2. The lowest BCUT2D eigenvalue weighted by molar-refractivity contribution is -0.384. The van der Waals surface area contributed by atoms with Gasteiger partial charge in [0.05, 0.1) is 11.1 Å². The summed E-state index contributed by atoms with van der Waals surface area (Å²) in [6.07, 6.45) is 2.76. The van der Waals surface area contributed by atoms with E-state index < -0.39 is 0 Å². The second-order valence-electron chi connectivity index (χ2n) is 4.32. The van der Waals surface area contributed by atoms with Crippen LogP contribution >= 0.6 is 0 Å². The standard InChI is InChI=1S/C12H12N4O2/c17-16(18)11-3-1-10(2-4-11)15-6-5-12-9(8-15)7-13-14-12/h1-4,7H,5-6,8H2,(H,13,14). The molecule has 0 atom stereocenters. The zero-order chi connectivity index (χ0) is 12.5. The van der Waals surface area contributed by atoms with Gasteiger partial charge in [-0.25, -0.2) is 0 Å². The molecule has 92 valence electrons. The highest BCUT2D eigenvalue weighted by molar-refractivity contribution is 5.52. The molecule has 1 aromatic carbocycles. The molecule has 2 heterocycles. The number of rotatable bonds is 2. The fraction of sp³-hybridized carbons (Fsp3) is 0.250. The second-order valence-corrected chi connectivity index (χ2v) is 4.32. The Labute approximate surface area is 103 Å². The predicted octanol–water partition coefficient (Wildman–Crippen LogP) is 1.88. The minimum absolute atomic E-state index is 0.125. The summed E-state index contributed by atoms with van der Waals surface area (Å²) >= 11 is 0. The quantitative estimate of drug-likeness (QED) is 0.646. The number of nitrogens with one attached hydrogen (secondary N) is 1. The first-order valence-electron chi connectivity index (χ1n) is 5.74. The molecule has 0 fully saturated rings. The van der Waals surface area contributed by atoms with E-state index in [-0.39, 0.29) is 10.6 Å². The fourth-order valence-electron chi connectivity index (χ4n) is 2.23. The predicted molar refractivity (Wildman–Crippen MR) is 66.4 cm³/mol. The molecule has 0 saturated heterocycles. The molecule has 18 heavy (non-hydrogen) atoms. The summed E-state index contributed by atoms with van der Waals surface area (Å²) in [6, 6.07) is 6.67. The molecule has 0 unspecified atom stereocenters. The van der Waals surface area contributed by atoms with Crippen molar-refractivity contribution in [2.45, 2.75) is 13.0 Å². The molecular formula is C12H12N4O2. The molecule has 3 rings (SSSR count). The maximum atomic E-state index is 10.6. The van der Waals surface area contributed by atoms with E-state index in [0.717, 1.165) is 25.2 Å². The van der Waals surface area contributed by atoms with E-state index in [0.29, 0.717) is 0 Å². The third-order valence-corrected chi connectivity index (χ3v) is 3.23. The number of non-ortho nitro benzene ring substituents is 1. The van der Waals surface area contributed by atoms with E-state index in [2.05, 4.69) is 15.1 Å². The smallest absolute Gasteiger partial charge is 0.269 e. The van der Waals surface area contributed by atoms with Crippen LogP contribution in [0.5, 0.6) is 0 Å². The molecule has 0 spiro atoms. The van der Waals surface area contributed by atoms with E-state index >= 15 is 0 Å². The Balaban J connectivity index is 1.82. The van der Waals surface area contributed by atoms with Crippen LogP contribution in [0.3, 0.4) is 0 Å². The number of nitro benzene ring substituents is 1. The number of fused-ring (bicyclic) bond motifs is 1. The largest absolute Gasteiger partial charge is 0.367 e. The number of aromatic amines is 1. The minimum Gasteiger partial charge on any atom is -0.367 e. The molecule has 0 bridgehead atoms. The summed E-state index contributed by atoms with van der Waals surface area (Å²) in [6.45, 7) is 1.69. The summed E-state index contributed by atoms with van der Waals surface area (Å²) in [4.78, 5) is 12.4. The van der Waals surface area contributed by atoms with Crippen LogP contribution in [0.2, 0.25) is 0 Å². The highest BCUT2D eigenvalue weighted by atomic mass is 16.6. The van der Waals surface area contributed by atoms with Gasteiger partial charge in [0, 0.05) is 48.6 Å². The van der Waals surface area contributed by atoms with Crippen LogP contribution in [0.1, 0.15) is 11.3 Å². The maximum Gasteiger partial charge on any atom is 0.269 e. The van der Waals surface area contributed by atoms with Crippen molar-refractivity contribution < 1.29 is 4.92 Å². The van der Waals surface area contributed by atoms with Crippen LogP contribution in [0, 0.1) is 10.1 Å². The summed E-state index contributed by atoms with van der Waals surface area (Å²) < 4.78 is 0. The van der Waals surface area contributed by atoms with E-state index in [9.17, 15) is 10.1 Å². The molecule has 1 aliphatic heterocycles. The zero-order valence-electron chi connectivity index (χ0n) is 9.67. The number of hydrogen-bond acceptors (Lipinski definition) is 4. The molecule has 0 aliphatic carbocycles. The van der Waals surface area contributed by atoms with Crippen LogP contribution in [0.25, 0.3) is 0 Å². The Morgan fingerprint density at radius 2 is 2.11 bits per heavy atom. The summed E-state index contributed by atoms with van der Waals surface area (Å²) in [5.41, 5.74) is 3.51. The second kappa shape index (κ2) is 4.14. The Morgan fingerprint density at radius 1 is 1.33 bits per heavy atom. The molecule has 0 saturated carbocycles. The van der Waals surface area contributed by atoms with Crippen LogP contribution in [0.4, 0.5) is 11.4 Å². The van der Waals surface area contributed by atoms with Crippen molar-refractivity contribution in [2.24, 2.45) is 0 Å².